The number of benzene rings is 1. The quantitative estimate of drug-likeness (QED) is 0.683. The number of imide groups is 1. The summed E-state index contributed by atoms with van der Waals surface area (Å²) >= 11 is 0. The summed E-state index contributed by atoms with van der Waals surface area (Å²) in [5, 5.41) is 5.30. The van der Waals surface area contributed by atoms with Crippen molar-refractivity contribution >= 4 is 17.8 Å². The molecule has 1 unspecified atom stereocenters. The van der Waals surface area contributed by atoms with E-state index in [1.54, 1.807) is 0 Å². The summed E-state index contributed by atoms with van der Waals surface area (Å²) in [6, 6.07) is 3.93. The summed E-state index contributed by atoms with van der Waals surface area (Å²) in [6.45, 7) is 1.54. The normalized spacial score (nSPS) is 22.7. The predicted molar refractivity (Wildman–Crippen MR) is 100 cm³/mol. The van der Waals surface area contributed by atoms with E-state index in [2.05, 4.69) is 15.4 Å². The van der Waals surface area contributed by atoms with Gasteiger partial charge in [-0.15, -0.1) is 13.2 Å². The molecule has 0 spiro atoms. The van der Waals surface area contributed by atoms with Crippen molar-refractivity contribution in [2.24, 2.45) is 5.92 Å². The van der Waals surface area contributed by atoms with Crippen LogP contribution in [0.1, 0.15) is 44.6 Å². The Balaban J connectivity index is 1.62. The fourth-order valence-electron chi connectivity index (χ4n) is 3.88. The number of carbonyl (C=O) groups excluding carboxylic acids is 3. The standard InChI is InChI=1S/C20H24F3N3O4/c1-19(14-7-9-15(10-8-14)30-20(21,22)23)17(28)26(18(29)25-19)12-16(27)24-11-13-5-3-2-4-6-13/h7-10,13H,2-6,11-12H2,1H3,(H,24,27)(H,25,29). The van der Waals surface area contributed by atoms with Crippen LogP contribution in [-0.2, 0) is 15.1 Å². The van der Waals surface area contributed by atoms with Gasteiger partial charge in [0, 0.05) is 6.54 Å². The van der Waals surface area contributed by atoms with Crippen LogP contribution in [0.4, 0.5) is 18.0 Å². The summed E-state index contributed by atoms with van der Waals surface area (Å²) in [7, 11) is 0. The highest BCUT2D eigenvalue weighted by Crippen LogP contribution is 2.31. The van der Waals surface area contributed by atoms with Crippen LogP contribution in [0.5, 0.6) is 5.75 Å². The molecule has 2 aliphatic rings. The lowest BCUT2D eigenvalue weighted by molar-refractivity contribution is -0.274. The molecule has 7 nitrogen and oxygen atoms in total. The number of amides is 4. The minimum atomic E-state index is -4.83. The lowest BCUT2D eigenvalue weighted by atomic mass is 9.89. The Hall–Kier alpha value is -2.78. The molecule has 3 rings (SSSR count). The van der Waals surface area contributed by atoms with Crippen molar-refractivity contribution in [1.82, 2.24) is 15.5 Å². The summed E-state index contributed by atoms with van der Waals surface area (Å²) in [5.74, 6) is -1.11. The smallest absolute Gasteiger partial charge is 0.406 e. The van der Waals surface area contributed by atoms with Gasteiger partial charge in [-0.3, -0.25) is 14.5 Å². The number of hydrogen-bond acceptors (Lipinski definition) is 4. The molecular weight excluding hydrogens is 403 g/mol. The van der Waals surface area contributed by atoms with Crippen LogP contribution < -0.4 is 15.4 Å². The van der Waals surface area contributed by atoms with Gasteiger partial charge >= 0.3 is 12.4 Å². The van der Waals surface area contributed by atoms with Crippen LogP contribution in [0.25, 0.3) is 0 Å². The van der Waals surface area contributed by atoms with E-state index in [0.717, 1.165) is 42.7 Å². The molecule has 1 aromatic rings. The summed E-state index contributed by atoms with van der Waals surface area (Å²) < 4.78 is 40.7. The average molecular weight is 427 g/mol. The highest BCUT2D eigenvalue weighted by Gasteiger charge is 2.49. The van der Waals surface area contributed by atoms with Crippen molar-refractivity contribution in [3.63, 3.8) is 0 Å². The maximum absolute atomic E-state index is 12.8. The molecule has 1 aliphatic heterocycles. The van der Waals surface area contributed by atoms with Crippen molar-refractivity contribution in [1.29, 1.82) is 0 Å². The number of alkyl halides is 3. The number of nitrogens with one attached hydrogen (secondary N) is 2. The lowest BCUT2D eigenvalue weighted by Gasteiger charge is -2.23. The first-order valence-corrected chi connectivity index (χ1v) is 9.85. The van der Waals surface area contributed by atoms with Crippen molar-refractivity contribution in [3.05, 3.63) is 29.8 Å². The first kappa shape index (κ1) is 21.9. The zero-order chi connectivity index (χ0) is 21.9. The molecule has 30 heavy (non-hydrogen) atoms. The maximum atomic E-state index is 12.8. The first-order valence-electron chi connectivity index (χ1n) is 9.85. The molecule has 0 radical (unpaired) electrons. The minimum absolute atomic E-state index is 0.278. The second kappa shape index (κ2) is 8.53. The maximum Gasteiger partial charge on any atom is 0.573 e. The Kier molecular flexibility index (Phi) is 6.23. The van der Waals surface area contributed by atoms with E-state index in [0.29, 0.717) is 12.5 Å². The van der Waals surface area contributed by atoms with Crippen LogP contribution in [-0.4, -0.2) is 42.2 Å². The molecular formula is C20H24F3N3O4. The van der Waals surface area contributed by atoms with Crippen LogP contribution in [0, 0.1) is 5.92 Å². The molecule has 1 aliphatic carbocycles. The van der Waals surface area contributed by atoms with Gasteiger partial charge in [-0.25, -0.2) is 4.79 Å². The number of nitrogens with zero attached hydrogens (tertiary/aromatic N) is 1. The third kappa shape index (κ3) is 5.03. The van der Waals surface area contributed by atoms with Gasteiger partial charge in [0.15, 0.2) is 0 Å². The van der Waals surface area contributed by atoms with Crippen molar-refractivity contribution in [2.45, 2.75) is 50.9 Å². The Morgan fingerprint density at radius 2 is 1.83 bits per heavy atom. The predicted octanol–water partition coefficient (Wildman–Crippen LogP) is 3.05. The Bertz CT molecular complexity index is 807. The van der Waals surface area contributed by atoms with Crippen molar-refractivity contribution < 1.29 is 32.3 Å². The zero-order valence-corrected chi connectivity index (χ0v) is 16.6. The first-order chi connectivity index (χ1) is 14.1. The SMILES string of the molecule is CC1(c2ccc(OC(F)(F)F)cc2)NC(=O)N(CC(=O)NCC2CCCCC2)C1=O. The van der Waals surface area contributed by atoms with Gasteiger partial charge in [-0.1, -0.05) is 31.4 Å². The molecule has 1 atom stereocenters. The van der Waals surface area contributed by atoms with Crippen LogP contribution in [0.3, 0.4) is 0 Å². The van der Waals surface area contributed by atoms with Gasteiger partial charge in [-0.2, -0.15) is 0 Å². The number of rotatable bonds is 6. The second-order valence-electron chi connectivity index (χ2n) is 7.83. The van der Waals surface area contributed by atoms with Crippen LogP contribution in [0.2, 0.25) is 0 Å². The van der Waals surface area contributed by atoms with E-state index in [1.807, 2.05) is 0 Å². The highest BCUT2D eigenvalue weighted by molar-refractivity contribution is 6.09. The molecule has 1 heterocycles. The van der Waals surface area contributed by atoms with Gasteiger partial charge in [-0.05, 0) is 43.4 Å². The second-order valence-corrected chi connectivity index (χ2v) is 7.83. The van der Waals surface area contributed by atoms with E-state index < -0.39 is 42.0 Å². The molecule has 10 heteroatoms. The lowest BCUT2D eigenvalue weighted by Crippen LogP contribution is -2.44. The van der Waals surface area contributed by atoms with Gasteiger partial charge in [0.1, 0.15) is 17.8 Å². The Morgan fingerprint density at radius 1 is 1.20 bits per heavy atom. The summed E-state index contributed by atoms with van der Waals surface area (Å²) in [6.07, 6.45) is 0.752. The Labute approximate surface area is 171 Å². The molecule has 1 saturated carbocycles. The molecule has 0 aromatic heterocycles. The van der Waals surface area contributed by atoms with E-state index in [1.165, 1.54) is 25.5 Å². The molecule has 2 fully saturated rings. The van der Waals surface area contributed by atoms with Gasteiger partial charge < -0.3 is 15.4 Å². The monoisotopic (exact) mass is 427 g/mol. The summed E-state index contributed by atoms with van der Waals surface area (Å²) in [5.41, 5.74) is -1.21. The molecule has 2 N–H and O–H groups in total. The van der Waals surface area contributed by atoms with Gasteiger partial charge in [0.25, 0.3) is 5.91 Å². The minimum Gasteiger partial charge on any atom is -0.406 e. The third-order valence-electron chi connectivity index (χ3n) is 5.55. The van der Waals surface area contributed by atoms with Crippen molar-refractivity contribution in [3.8, 4) is 5.75 Å². The van der Waals surface area contributed by atoms with E-state index in [9.17, 15) is 27.6 Å². The average Bonchev–Trinajstić information content (AvgIpc) is 2.90. The third-order valence-corrected chi connectivity index (χ3v) is 5.55. The Morgan fingerprint density at radius 3 is 2.43 bits per heavy atom. The fraction of sp³-hybridized carbons (Fsp3) is 0.550. The molecule has 1 saturated heterocycles. The molecule has 1 aromatic carbocycles. The largest absolute Gasteiger partial charge is 0.573 e. The van der Waals surface area contributed by atoms with E-state index in [4.69, 9.17) is 0 Å². The van der Waals surface area contributed by atoms with E-state index in [-0.39, 0.29) is 5.56 Å². The molecule has 4 amide bonds. The molecule has 164 valence electrons. The van der Waals surface area contributed by atoms with E-state index >= 15 is 0 Å². The van der Waals surface area contributed by atoms with Crippen molar-refractivity contribution in [2.75, 3.05) is 13.1 Å². The number of hydrogen-bond donors (Lipinski definition) is 2. The molecule has 0 bridgehead atoms. The zero-order valence-electron chi connectivity index (χ0n) is 16.6. The van der Waals surface area contributed by atoms with Gasteiger partial charge in [0.2, 0.25) is 5.91 Å². The number of urea groups is 1. The highest BCUT2D eigenvalue weighted by atomic mass is 19.4. The number of carbonyl (C=O) groups is 3. The fourth-order valence-corrected chi connectivity index (χ4v) is 3.88. The number of ether oxygens (including phenoxy) is 1. The van der Waals surface area contributed by atoms with Gasteiger partial charge in [0.05, 0.1) is 0 Å². The summed E-state index contributed by atoms with van der Waals surface area (Å²) in [4.78, 5) is 38.2. The van der Waals surface area contributed by atoms with Crippen LogP contribution >= 0.6 is 0 Å². The number of halogens is 3. The van der Waals surface area contributed by atoms with Crippen LogP contribution in [0.15, 0.2) is 24.3 Å². The topological polar surface area (TPSA) is 87.7 Å².